The first-order valence-corrected chi connectivity index (χ1v) is 8.86. The quantitative estimate of drug-likeness (QED) is 0.407. The molecule has 0 atom stereocenters. The molecule has 1 aromatic carbocycles. The van der Waals surface area contributed by atoms with Crippen LogP contribution in [0, 0.1) is 6.92 Å². The number of imidazole rings is 1. The summed E-state index contributed by atoms with van der Waals surface area (Å²) in [5.41, 5.74) is -0.291. The van der Waals surface area contributed by atoms with E-state index < -0.39 is 23.5 Å². The van der Waals surface area contributed by atoms with E-state index in [-0.39, 0.29) is 17.3 Å². The predicted octanol–water partition coefficient (Wildman–Crippen LogP) is 5.88. The summed E-state index contributed by atoms with van der Waals surface area (Å²) < 4.78 is 78.7. The van der Waals surface area contributed by atoms with Gasteiger partial charge in [-0.15, -0.1) is 0 Å². The number of nitrogens with one attached hydrogen (secondary N) is 1. The lowest BCUT2D eigenvalue weighted by molar-refractivity contribution is -0.138. The van der Waals surface area contributed by atoms with E-state index in [0.717, 1.165) is 24.4 Å². The molecule has 0 aliphatic rings. The minimum Gasteiger partial charge on any atom is -0.340 e. The average molecular weight is 437 g/mol. The molecule has 0 unspecified atom stereocenters. The Hall–Kier alpha value is -3.63. The zero-order chi connectivity index (χ0) is 22.4. The van der Waals surface area contributed by atoms with Gasteiger partial charge in [0, 0.05) is 18.1 Å². The van der Waals surface area contributed by atoms with Crippen molar-refractivity contribution in [3.63, 3.8) is 0 Å². The van der Waals surface area contributed by atoms with Gasteiger partial charge >= 0.3 is 12.4 Å². The number of benzene rings is 1. The number of alkyl halides is 6. The van der Waals surface area contributed by atoms with Gasteiger partial charge in [-0.2, -0.15) is 26.3 Å². The molecule has 0 saturated heterocycles. The normalized spacial score (nSPS) is 12.4. The summed E-state index contributed by atoms with van der Waals surface area (Å²) in [7, 11) is 0. The van der Waals surface area contributed by atoms with Crippen LogP contribution in [0.1, 0.15) is 16.8 Å². The van der Waals surface area contributed by atoms with Gasteiger partial charge in [-0.3, -0.25) is 4.40 Å². The summed E-state index contributed by atoms with van der Waals surface area (Å²) in [6.07, 6.45) is -6.67. The number of fused-ring (bicyclic) bond motifs is 1. The van der Waals surface area contributed by atoms with Crippen LogP contribution in [-0.2, 0) is 12.4 Å². The van der Waals surface area contributed by atoms with Gasteiger partial charge in [-0.1, -0.05) is 0 Å². The van der Waals surface area contributed by atoms with Crippen molar-refractivity contribution < 1.29 is 26.3 Å². The van der Waals surface area contributed by atoms with Crippen LogP contribution in [0.3, 0.4) is 0 Å². The second kappa shape index (κ2) is 7.25. The van der Waals surface area contributed by atoms with Crippen LogP contribution in [0.4, 0.5) is 37.8 Å². The Morgan fingerprint density at radius 2 is 1.45 bits per heavy atom. The SMILES string of the molecule is Cc1nc2ccc(C(F)(F)F)cn2c1-c1nccc(Nc2ccc(C(F)(F)F)cc2)n1. The van der Waals surface area contributed by atoms with Gasteiger partial charge in [0.25, 0.3) is 0 Å². The molecule has 0 radical (unpaired) electrons. The van der Waals surface area contributed by atoms with Crippen molar-refractivity contribution in [2.24, 2.45) is 0 Å². The van der Waals surface area contributed by atoms with Gasteiger partial charge in [-0.25, -0.2) is 15.0 Å². The molecule has 0 saturated carbocycles. The number of aryl methyl sites for hydroxylation is 1. The van der Waals surface area contributed by atoms with Crippen LogP contribution >= 0.6 is 0 Å². The summed E-state index contributed by atoms with van der Waals surface area (Å²) in [6.45, 7) is 1.62. The number of rotatable bonds is 3. The molecule has 1 N–H and O–H groups in total. The zero-order valence-corrected chi connectivity index (χ0v) is 15.8. The molecule has 31 heavy (non-hydrogen) atoms. The Bertz CT molecular complexity index is 1240. The largest absolute Gasteiger partial charge is 0.417 e. The summed E-state index contributed by atoms with van der Waals surface area (Å²) in [4.78, 5) is 12.7. The molecule has 0 spiro atoms. The third-order valence-corrected chi connectivity index (χ3v) is 4.47. The molecule has 3 aromatic heterocycles. The van der Waals surface area contributed by atoms with E-state index in [9.17, 15) is 26.3 Å². The monoisotopic (exact) mass is 437 g/mol. The van der Waals surface area contributed by atoms with E-state index in [2.05, 4.69) is 20.3 Å². The van der Waals surface area contributed by atoms with Crippen LogP contribution in [0.15, 0.2) is 54.9 Å². The van der Waals surface area contributed by atoms with Crippen LogP contribution in [-0.4, -0.2) is 19.4 Å². The smallest absolute Gasteiger partial charge is 0.340 e. The first-order chi connectivity index (χ1) is 14.5. The number of anilines is 2. The maximum atomic E-state index is 13.1. The first kappa shape index (κ1) is 20.6. The molecular weight excluding hydrogens is 424 g/mol. The Balaban J connectivity index is 1.70. The van der Waals surface area contributed by atoms with E-state index in [0.29, 0.717) is 17.0 Å². The second-order valence-corrected chi connectivity index (χ2v) is 6.66. The fourth-order valence-corrected chi connectivity index (χ4v) is 3.03. The minimum absolute atomic E-state index is 0.112. The Kier molecular flexibility index (Phi) is 4.83. The van der Waals surface area contributed by atoms with E-state index in [1.165, 1.54) is 34.9 Å². The Labute approximate surface area is 171 Å². The van der Waals surface area contributed by atoms with Crippen molar-refractivity contribution in [2.45, 2.75) is 19.3 Å². The summed E-state index contributed by atoms with van der Waals surface area (Å²) in [5, 5.41) is 2.86. The number of pyridine rings is 1. The Morgan fingerprint density at radius 1 is 0.806 bits per heavy atom. The standard InChI is InChI=1S/C20H13F6N5/c1-11-17(31-10-13(20(24,25)26)4-7-16(31)28-11)18-27-9-8-15(30-18)29-14-5-2-12(3-6-14)19(21,22)23/h2-10H,1H3,(H,27,29,30). The highest BCUT2D eigenvalue weighted by Crippen LogP contribution is 2.32. The van der Waals surface area contributed by atoms with Crippen LogP contribution in [0.5, 0.6) is 0 Å². The molecule has 0 aliphatic carbocycles. The fourth-order valence-electron chi connectivity index (χ4n) is 3.03. The third-order valence-electron chi connectivity index (χ3n) is 4.47. The summed E-state index contributed by atoms with van der Waals surface area (Å²) >= 11 is 0. The highest BCUT2D eigenvalue weighted by molar-refractivity contribution is 5.64. The fraction of sp³-hybridized carbons (Fsp3) is 0.150. The molecular formula is C20H13F6N5. The molecule has 4 aromatic rings. The highest BCUT2D eigenvalue weighted by atomic mass is 19.4. The topological polar surface area (TPSA) is 55.1 Å². The van der Waals surface area contributed by atoms with Crippen LogP contribution in [0.25, 0.3) is 17.2 Å². The van der Waals surface area contributed by atoms with Crippen molar-refractivity contribution in [3.05, 3.63) is 71.7 Å². The van der Waals surface area contributed by atoms with Crippen LogP contribution < -0.4 is 5.32 Å². The number of halogens is 6. The second-order valence-electron chi connectivity index (χ2n) is 6.66. The summed E-state index contributed by atoms with van der Waals surface area (Å²) in [6, 6.07) is 8.04. The lowest BCUT2D eigenvalue weighted by atomic mass is 10.2. The number of hydrogen-bond donors (Lipinski definition) is 1. The van der Waals surface area contributed by atoms with Gasteiger partial charge in [0.2, 0.25) is 0 Å². The number of nitrogens with zero attached hydrogens (tertiary/aromatic N) is 4. The van der Waals surface area contributed by atoms with E-state index in [4.69, 9.17) is 0 Å². The molecule has 11 heteroatoms. The predicted molar refractivity (Wildman–Crippen MR) is 101 cm³/mol. The third kappa shape index (κ3) is 4.16. The molecule has 0 fully saturated rings. The molecule has 4 rings (SSSR count). The summed E-state index contributed by atoms with van der Waals surface area (Å²) in [5.74, 6) is 0.368. The van der Waals surface area contributed by atoms with Crippen molar-refractivity contribution in [3.8, 4) is 11.5 Å². The van der Waals surface area contributed by atoms with Crippen LogP contribution in [0.2, 0.25) is 0 Å². The van der Waals surface area contributed by atoms with Crippen molar-refractivity contribution in [1.29, 1.82) is 0 Å². The van der Waals surface area contributed by atoms with Gasteiger partial charge in [0.15, 0.2) is 5.82 Å². The maximum Gasteiger partial charge on any atom is 0.417 e. The molecule has 0 aliphatic heterocycles. The van der Waals surface area contributed by atoms with Gasteiger partial charge in [0.05, 0.1) is 16.8 Å². The average Bonchev–Trinajstić information content (AvgIpc) is 3.02. The number of hydrogen-bond acceptors (Lipinski definition) is 4. The van der Waals surface area contributed by atoms with Crippen molar-refractivity contribution in [2.75, 3.05) is 5.32 Å². The maximum absolute atomic E-state index is 13.1. The van der Waals surface area contributed by atoms with Gasteiger partial charge < -0.3 is 5.32 Å². The van der Waals surface area contributed by atoms with E-state index in [1.807, 2.05) is 0 Å². The van der Waals surface area contributed by atoms with Gasteiger partial charge in [0.1, 0.15) is 17.2 Å². The molecule has 3 heterocycles. The minimum atomic E-state index is -4.53. The molecule has 0 bridgehead atoms. The van der Waals surface area contributed by atoms with Crippen molar-refractivity contribution in [1.82, 2.24) is 19.4 Å². The van der Waals surface area contributed by atoms with Crippen molar-refractivity contribution >= 4 is 17.2 Å². The lowest BCUT2D eigenvalue weighted by Crippen LogP contribution is -2.07. The van der Waals surface area contributed by atoms with E-state index >= 15 is 0 Å². The number of aromatic nitrogens is 4. The highest BCUT2D eigenvalue weighted by Gasteiger charge is 2.32. The van der Waals surface area contributed by atoms with Gasteiger partial charge in [-0.05, 0) is 49.4 Å². The zero-order valence-electron chi connectivity index (χ0n) is 15.8. The van der Waals surface area contributed by atoms with E-state index in [1.54, 1.807) is 6.92 Å². The lowest BCUT2D eigenvalue weighted by Gasteiger charge is -2.10. The Morgan fingerprint density at radius 3 is 2.10 bits per heavy atom. The molecule has 0 amide bonds. The molecule has 5 nitrogen and oxygen atoms in total. The first-order valence-electron chi connectivity index (χ1n) is 8.86. The molecule has 160 valence electrons.